The van der Waals surface area contributed by atoms with E-state index in [1.54, 1.807) is 0 Å². The lowest BCUT2D eigenvalue weighted by Gasteiger charge is -2.43. The van der Waals surface area contributed by atoms with Crippen LogP contribution < -0.4 is 0 Å². The maximum atomic E-state index is 13.3. The van der Waals surface area contributed by atoms with Gasteiger partial charge in [-0.15, -0.1) is 0 Å². The summed E-state index contributed by atoms with van der Waals surface area (Å²) in [5, 5.41) is 9.93. The Balaban J connectivity index is 1.80. The number of aliphatic hydroxyl groups excluding tert-OH is 1. The summed E-state index contributed by atoms with van der Waals surface area (Å²) < 4.78 is 0. The van der Waals surface area contributed by atoms with Gasteiger partial charge in [0.05, 0.1) is 6.10 Å². The zero-order chi connectivity index (χ0) is 14.3. The van der Waals surface area contributed by atoms with Crippen LogP contribution in [0, 0.1) is 11.3 Å². The molecule has 3 rings (SSSR count). The smallest absolute Gasteiger partial charge is 0.229 e. The van der Waals surface area contributed by atoms with Gasteiger partial charge in [-0.25, -0.2) is 0 Å². The van der Waals surface area contributed by atoms with Crippen molar-refractivity contribution in [3.8, 4) is 0 Å². The third-order valence-corrected chi connectivity index (χ3v) is 5.76. The largest absolute Gasteiger partial charge is 0.393 e. The number of nitrogens with zero attached hydrogens (tertiary/aromatic N) is 1. The molecule has 3 fully saturated rings. The Morgan fingerprint density at radius 1 is 1.20 bits per heavy atom. The van der Waals surface area contributed by atoms with Crippen molar-refractivity contribution in [2.45, 2.75) is 89.8 Å². The number of carbonyl (C=O) groups excluding carboxylic acids is 1. The average Bonchev–Trinajstić information content (AvgIpc) is 2.93. The molecule has 114 valence electrons. The first kappa shape index (κ1) is 14.4. The lowest BCUT2D eigenvalue weighted by molar-refractivity contribution is -0.149. The summed E-state index contributed by atoms with van der Waals surface area (Å²) in [5.74, 6) is 1.02. The van der Waals surface area contributed by atoms with Crippen molar-refractivity contribution in [3.05, 3.63) is 0 Å². The van der Waals surface area contributed by atoms with Crippen LogP contribution in [0.4, 0.5) is 0 Å². The van der Waals surface area contributed by atoms with E-state index in [0.29, 0.717) is 23.9 Å². The minimum Gasteiger partial charge on any atom is -0.393 e. The van der Waals surface area contributed by atoms with E-state index in [-0.39, 0.29) is 11.5 Å². The molecule has 2 saturated heterocycles. The maximum Gasteiger partial charge on any atom is 0.229 e. The highest BCUT2D eigenvalue weighted by molar-refractivity contribution is 5.84. The Kier molecular flexibility index (Phi) is 3.83. The SMILES string of the molecule is CC(C)CC1(C(=O)N2C3CCC2CC(O)C3)CCCC1. The van der Waals surface area contributed by atoms with Crippen LogP contribution in [0.2, 0.25) is 0 Å². The second-order valence-corrected chi connectivity index (χ2v) is 7.81. The van der Waals surface area contributed by atoms with Crippen LogP contribution in [-0.2, 0) is 4.79 Å². The molecule has 0 spiro atoms. The van der Waals surface area contributed by atoms with Gasteiger partial charge in [0, 0.05) is 17.5 Å². The summed E-state index contributed by atoms with van der Waals surface area (Å²) in [6.45, 7) is 4.48. The summed E-state index contributed by atoms with van der Waals surface area (Å²) >= 11 is 0. The molecule has 20 heavy (non-hydrogen) atoms. The molecule has 3 nitrogen and oxygen atoms in total. The van der Waals surface area contributed by atoms with Crippen LogP contribution in [-0.4, -0.2) is 34.1 Å². The van der Waals surface area contributed by atoms with Crippen molar-refractivity contribution in [2.75, 3.05) is 0 Å². The first-order chi connectivity index (χ1) is 9.52. The lowest BCUT2D eigenvalue weighted by atomic mass is 9.76. The quantitative estimate of drug-likeness (QED) is 0.862. The van der Waals surface area contributed by atoms with E-state index in [9.17, 15) is 9.90 Å². The minimum absolute atomic E-state index is 0.0721. The molecule has 0 aromatic carbocycles. The van der Waals surface area contributed by atoms with E-state index in [0.717, 1.165) is 44.9 Å². The van der Waals surface area contributed by atoms with E-state index in [4.69, 9.17) is 0 Å². The predicted octanol–water partition coefficient (Wildman–Crippen LogP) is 3.11. The van der Waals surface area contributed by atoms with Gasteiger partial charge in [0.1, 0.15) is 0 Å². The molecule has 1 saturated carbocycles. The van der Waals surface area contributed by atoms with Crippen LogP contribution in [0.1, 0.15) is 71.6 Å². The topological polar surface area (TPSA) is 40.5 Å². The highest BCUT2D eigenvalue weighted by atomic mass is 16.3. The number of hydrogen-bond acceptors (Lipinski definition) is 2. The van der Waals surface area contributed by atoms with Gasteiger partial charge in [0.25, 0.3) is 0 Å². The minimum atomic E-state index is -0.179. The number of rotatable bonds is 3. The highest BCUT2D eigenvalue weighted by Crippen LogP contribution is 2.48. The molecule has 2 unspecified atom stereocenters. The van der Waals surface area contributed by atoms with E-state index in [2.05, 4.69) is 18.7 Å². The molecular weight excluding hydrogens is 250 g/mol. The van der Waals surface area contributed by atoms with Gasteiger partial charge in [-0.3, -0.25) is 4.79 Å². The molecule has 2 aliphatic heterocycles. The molecule has 2 heterocycles. The first-order valence-corrected chi connectivity index (χ1v) is 8.53. The number of fused-ring (bicyclic) bond motifs is 2. The zero-order valence-corrected chi connectivity index (χ0v) is 13.0. The molecule has 2 atom stereocenters. The summed E-state index contributed by atoms with van der Waals surface area (Å²) in [7, 11) is 0. The molecule has 2 bridgehead atoms. The fourth-order valence-corrected chi connectivity index (χ4v) is 5.09. The number of hydrogen-bond donors (Lipinski definition) is 1. The zero-order valence-electron chi connectivity index (χ0n) is 13.0. The van der Waals surface area contributed by atoms with Gasteiger partial charge in [-0.1, -0.05) is 26.7 Å². The Morgan fingerprint density at radius 2 is 1.75 bits per heavy atom. The van der Waals surface area contributed by atoms with Gasteiger partial charge in [-0.2, -0.15) is 0 Å². The van der Waals surface area contributed by atoms with Crippen molar-refractivity contribution in [2.24, 2.45) is 11.3 Å². The van der Waals surface area contributed by atoms with Crippen molar-refractivity contribution >= 4 is 5.91 Å². The Bertz CT molecular complexity index is 359. The van der Waals surface area contributed by atoms with Crippen LogP contribution in [0.3, 0.4) is 0 Å². The highest BCUT2D eigenvalue weighted by Gasteiger charge is 2.50. The van der Waals surface area contributed by atoms with Crippen molar-refractivity contribution < 1.29 is 9.90 Å². The van der Waals surface area contributed by atoms with Crippen LogP contribution in [0.25, 0.3) is 0 Å². The fourth-order valence-electron chi connectivity index (χ4n) is 5.09. The Hall–Kier alpha value is -0.570. The number of piperidine rings is 1. The molecule has 1 N–H and O–H groups in total. The van der Waals surface area contributed by atoms with Crippen LogP contribution in [0.5, 0.6) is 0 Å². The van der Waals surface area contributed by atoms with Crippen LogP contribution in [0.15, 0.2) is 0 Å². The summed E-state index contributed by atoms with van der Waals surface area (Å²) in [6, 6.07) is 0.641. The van der Waals surface area contributed by atoms with Crippen LogP contribution >= 0.6 is 0 Å². The van der Waals surface area contributed by atoms with E-state index < -0.39 is 0 Å². The molecular formula is C17H29NO2. The molecule has 0 radical (unpaired) electrons. The van der Waals surface area contributed by atoms with E-state index in [1.165, 1.54) is 12.8 Å². The summed E-state index contributed by atoms with van der Waals surface area (Å²) in [4.78, 5) is 15.5. The molecule has 0 aromatic heterocycles. The Labute approximate surface area is 122 Å². The van der Waals surface area contributed by atoms with Crippen molar-refractivity contribution in [1.82, 2.24) is 4.90 Å². The lowest BCUT2D eigenvalue weighted by Crippen LogP contribution is -2.53. The number of amides is 1. The standard InChI is InChI=1S/C17H29NO2/c1-12(2)11-17(7-3-4-8-17)16(20)18-13-5-6-14(18)10-15(19)9-13/h12-15,19H,3-11H2,1-2H3. The van der Waals surface area contributed by atoms with Gasteiger partial charge < -0.3 is 10.0 Å². The molecule has 1 amide bonds. The second-order valence-electron chi connectivity index (χ2n) is 7.81. The average molecular weight is 279 g/mol. The Morgan fingerprint density at radius 3 is 2.25 bits per heavy atom. The number of aliphatic hydroxyl groups is 1. The predicted molar refractivity (Wildman–Crippen MR) is 79.3 cm³/mol. The second kappa shape index (κ2) is 5.32. The van der Waals surface area contributed by atoms with Crippen molar-refractivity contribution in [3.63, 3.8) is 0 Å². The number of carbonyl (C=O) groups is 1. The van der Waals surface area contributed by atoms with E-state index >= 15 is 0 Å². The van der Waals surface area contributed by atoms with Gasteiger partial charge >= 0.3 is 0 Å². The first-order valence-electron chi connectivity index (χ1n) is 8.53. The van der Waals surface area contributed by atoms with Gasteiger partial charge in [0.15, 0.2) is 0 Å². The third kappa shape index (κ3) is 2.38. The van der Waals surface area contributed by atoms with E-state index in [1.807, 2.05) is 0 Å². The molecule has 3 aliphatic rings. The summed E-state index contributed by atoms with van der Waals surface area (Å²) in [6.07, 6.45) is 9.28. The van der Waals surface area contributed by atoms with Crippen molar-refractivity contribution in [1.29, 1.82) is 0 Å². The third-order valence-electron chi connectivity index (χ3n) is 5.76. The normalized spacial score (nSPS) is 35.8. The molecule has 3 heteroatoms. The van der Waals surface area contributed by atoms with Gasteiger partial charge in [-0.05, 0) is 50.9 Å². The molecule has 0 aromatic rings. The maximum absolute atomic E-state index is 13.3. The fraction of sp³-hybridized carbons (Fsp3) is 0.941. The summed E-state index contributed by atoms with van der Waals surface area (Å²) in [5.41, 5.74) is -0.0721. The molecule has 1 aliphatic carbocycles. The van der Waals surface area contributed by atoms with Gasteiger partial charge in [0.2, 0.25) is 5.91 Å². The monoisotopic (exact) mass is 279 g/mol.